The quantitative estimate of drug-likeness (QED) is 0.705. The maximum Gasteiger partial charge on any atom is 0.332 e. The van der Waals surface area contributed by atoms with Crippen molar-refractivity contribution >= 4 is 23.5 Å². The number of halogens is 1. The lowest BCUT2D eigenvalue weighted by atomic mass is 10.2. The summed E-state index contributed by atoms with van der Waals surface area (Å²) in [6.07, 6.45) is -0.159. The molecule has 7 heteroatoms. The summed E-state index contributed by atoms with van der Waals surface area (Å²) >= 11 is 5.68. The molecule has 0 saturated carbocycles. The second kappa shape index (κ2) is 6.17. The number of pyridine rings is 1. The van der Waals surface area contributed by atoms with Crippen LogP contribution in [0.1, 0.15) is 16.9 Å². The minimum Gasteiger partial charge on any atom is -0.479 e. The van der Waals surface area contributed by atoms with Crippen molar-refractivity contribution in [3.63, 3.8) is 0 Å². The molecule has 0 bridgehead atoms. The van der Waals surface area contributed by atoms with E-state index in [1.54, 1.807) is 0 Å². The number of carboxylic acids is 1. The summed E-state index contributed by atoms with van der Waals surface area (Å²) in [6, 6.07) is 2.93. The highest BCUT2D eigenvalue weighted by Crippen LogP contribution is 2.07. The molecule has 6 nitrogen and oxygen atoms in total. The van der Waals surface area contributed by atoms with Gasteiger partial charge in [-0.3, -0.25) is 9.78 Å². The topological polar surface area (TPSA) is 99.5 Å². The summed E-state index contributed by atoms with van der Waals surface area (Å²) in [5.41, 5.74) is 0.141. The Labute approximate surface area is 102 Å². The van der Waals surface area contributed by atoms with Crippen LogP contribution in [0.25, 0.3) is 0 Å². The molecule has 1 amide bonds. The molecular formula is C10H11ClN2O4. The fourth-order valence-electron chi connectivity index (χ4n) is 1.07. The van der Waals surface area contributed by atoms with Crippen molar-refractivity contribution in [3.8, 4) is 0 Å². The van der Waals surface area contributed by atoms with E-state index in [-0.39, 0.29) is 18.7 Å². The molecule has 0 aromatic carbocycles. The standard InChI is InChI=1S/C10H11ClN2O4/c11-6-1-3-12-7(5-6)9(15)13-4-2-8(14)10(16)17/h1,3,5,8,14H,2,4H2,(H,13,15)(H,16,17). The molecule has 0 aliphatic carbocycles. The zero-order valence-corrected chi connectivity index (χ0v) is 9.52. The first-order valence-electron chi connectivity index (χ1n) is 4.81. The van der Waals surface area contributed by atoms with Crippen molar-refractivity contribution in [1.82, 2.24) is 10.3 Å². The number of nitrogens with one attached hydrogen (secondary N) is 1. The lowest BCUT2D eigenvalue weighted by molar-refractivity contribution is -0.146. The average molecular weight is 259 g/mol. The normalized spacial score (nSPS) is 11.9. The Bertz CT molecular complexity index is 425. The lowest BCUT2D eigenvalue weighted by Crippen LogP contribution is -2.30. The smallest absolute Gasteiger partial charge is 0.332 e. The molecule has 0 radical (unpaired) electrons. The second-order valence-corrected chi connectivity index (χ2v) is 3.69. The van der Waals surface area contributed by atoms with Crippen molar-refractivity contribution < 1.29 is 19.8 Å². The Morgan fingerprint density at radius 3 is 2.82 bits per heavy atom. The maximum atomic E-state index is 11.5. The molecule has 0 aliphatic rings. The predicted molar refractivity (Wildman–Crippen MR) is 59.8 cm³/mol. The van der Waals surface area contributed by atoms with Gasteiger partial charge in [-0.05, 0) is 12.1 Å². The Hall–Kier alpha value is -1.66. The van der Waals surface area contributed by atoms with E-state index in [1.165, 1.54) is 18.3 Å². The van der Waals surface area contributed by atoms with Gasteiger partial charge in [-0.25, -0.2) is 4.79 Å². The molecule has 1 aromatic rings. The van der Waals surface area contributed by atoms with Crippen LogP contribution in [0, 0.1) is 0 Å². The summed E-state index contributed by atoms with van der Waals surface area (Å²) in [7, 11) is 0. The van der Waals surface area contributed by atoms with Crippen molar-refractivity contribution in [2.75, 3.05) is 6.54 Å². The Morgan fingerprint density at radius 2 is 2.24 bits per heavy atom. The highest BCUT2D eigenvalue weighted by atomic mass is 35.5. The van der Waals surface area contributed by atoms with Crippen LogP contribution in [0.4, 0.5) is 0 Å². The first-order chi connectivity index (χ1) is 8.00. The van der Waals surface area contributed by atoms with Gasteiger partial charge in [0.1, 0.15) is 5.69 Å². The number of aliphatic carboxylic acids is 1. The van der Waals surface area contributed by atoms with Crippen LogP contribution in [0.15, 0.2) is 18.3 Å². The van der Waals surface area contributed by atoms with Gasteiger partial charge in [0.25, 0.3) is 5.91 Å². The molecule has 17 heavy (non-hydrogen) atoms. The summed E-state index contributed by atoms with van der Waals surface area (Å²) < 4.78 is 0. The van der Waals surface area contributed by atoms with Gasteiger partial charge in [-0.15, -0.1) is 0 Å². The SMILES string of the molecule is O=C(NCCC(O)C(=O)O)c1cc(Cl)ccn1. The van der Waals surface area contributed by atoms with Crippen molar-refractivity contribution in [2.45, 2.75) is 12.5 Å². The molecule has 1 aromatic heterocycles. The monoisotopic (exact) mass is 258 g/mol. The van der Waals surface area contributed by atoms with Crippen LogP contribution in [0.3, 0.4) is 0 Å². The Kier molecular flexibility index (Phi) is 4.86. The van der Waals surface area contributed by atoms with E-state index in [0.717, 1.165) is 0 Å². The number of aliphatic hydroxyl groups is 1. The number of nitrogens with zero attached hydrogens (tertiary/aromatic N) is 1. The fraction of sp³-hybridized carbons (Fsp3) is 0.300. The van der Waals surface area contributed by atoms with Gasteiger partial charge in [0.15, 0.2) is 6.10 Å². The van der Waals surface area contributed by atoms with Gasteiger partial charge in [-0.2, -0.15) is 0 Å². The summed E-state index contributed by atoms with van der Waals surface area (Å²) in [5.74, 6) is -1.79. The van der Waals surface area contributed by atoms with Crippen LogP contribution in [0.5, 0.6) is 0 Å². The van der Waals surface area contributed by atoms with E-state index in [0.29, 0.717) is 5.02 Å². The van der Waals surface area contributed by atoms with Crippen LogP contribution < -0.4 is 5.32 Å². The van der Waals surface area contributed by atoms with Crippen molar-refractivity contribution in [2.24, 2.45) is 0 Å². The zero-order chi connectivity index (χ0) is 12.8. The molecule has 0 fully saturated rings. The first kappa shape index (κ1) is 13.4. The summed E-state index contributed by atoms with van der Waals surface area (Å²) in [5, 5.41) is 20.2. The molecule has 1 unspecified atom stereocenters. The number of rotatable bonds is 5. The van der Waals surface area contributed by atoms with Crippen LogP contribution in [0.2, 0.25) is 5.02 Å². The van der Waals surface area contributed by atoms with Crippen LogP contribution >= 0.6 is 11.6 Å². The largest absolute Gasteiger partial charge is 0.479 e. The second-order valence-electron chi connectivity index (χ2n) is 3.26. The number of hydrogen-bond donors (Lipinski definition) is 3. The van der Waals surface area contributed by atoms with Gasteiger partial charge in [-0.1, -0.05) is 11.6 Å². The summed E-state index contributed by atoms with van der Waals surface area (Å²) in [6.45, 7) is 0.0422. The first-order valence-corrected chi connectivity index (χ1v) is 5.19. The molecule has 0 aliphatic heterocycles. The predicted octanol–water partition coefficient (Wildman–Crippen LogP) is 0.300. The molecule has 1 atom stereocenters. The van der Waals surface area contributed by atoms with Gasteiger partial charge < -0.3 is 15.5 Å². The number of amides is 1. The lowest BCUT2D eigenvalue weighted by Gasteiger charge is -2.06. The zero-order valence-electron chi connectivity index (χ0n) is 8.76. The number of aliphatic hydroxyl groups excluding tert-OH is 1. The third kappa shape index (κ3) is 4.38. The molecular weight excluding hydrogens is 248 g/mol. The van der Waals surface area contributed by atoms with E-state index in [2.05, 4.69) is 10.3 Å². The summed E-state index contributed by atoms with van der Waals surface area (Å²) in [4.78, 5) is 25.6. The van der Waals surface area contributed by atoms with E-state index in [4.69, 9.17) is 21.8 Å². The number of carboxylic acid groups (broad SMARTS) is 1. The van der Waals surface area contributed by atoms with E-state index in [9.17, 15) is 9.59 Å². The number of carbonyl (C=O) groups is 2. The van der Waals surface area contributed by atoms with Gasteiger partial charge in [0.05, 0.1) is 0 Å². The molecule has 0 spiro atoms. The third-order valence-corrected chi connectivity index (χ3v) is 2.18. The molecule has 0 saturated heterocycles. The number of hydrogen-bond acceptors (Lipinski definition) is 4. The average Bonchev–Trinajstić information content (AvgIpc) is 2.28. The number of carbonyl (C=O) groups excluding carboxylic acids is 1. The number of aromatic nitrogens is 1. The molecule has 1 heterocycles. The maximum absolute atomic E-state index is 11.5. The van der Waals surface area contributed by atoms with Gasteiger partial charge >= 0.3 is 5.97 Å². The van der Waals surface area contributed by atoms with Gasteiger partial charge in [0, 0.05) is 24.2 Å². The Morgan fingerprint density at radius 1 is 1.53 bits per heavy atom. The fourth-order valence-corrected chi connectivity index (χ4v) is 1.23. The minimum atomic E-state index is -1.48. The minimum absolute atomic E-state index is 0.0422. The Balaban J connectivity index is 2.43. The molecule has 1 rings (SSSR count). The third-order valence-electron chi connectivity index (χ3n) is 1.94. The van der Waals surface area contributed by atoms with Crippen LogP contribution in [-0.4, -0.2) is 39.7 Å². The van der Waals surface area contributed by atoms with Crippen molar-refractivity contribution in [1.29, 1.82) is 0 Å². The van der Waals surface area contributed by atoms with E-state index < -0.39 is 18.0 Å². The molecule has 92 valence electrons. The van der Waals surface area contributed by atoms with Gasteiger partial charge in [0.2, 0.25) is 0 Å². The highest BCUT2D eigenvalue weighted by molar-refractivity contribution is 6.30. The van der Waals surface area contributed by atoms with E-state index in [1.807, 2.05) is 0 Å². The highest BCUT2D eigenvalue weighted by Gasteiger charge is 2.13. The molecule has 3 N–H and O–H groups in total. The van der Waals surface area contributed by atoms with Crippen molar-refractivity contribution in [3.05, 3.63) is 29.0 Å². The van der Waals surface area contributed by atoms with Crippen LogP contribution in [-0.2, 0) is 4.79 Å². The van der Waals surface area contributed by atoms with E-state index >= 15 is 0 Å².